The van der Waals surface area contributed by atoms with Crippen LogP contribution < -0.4 is 4.74 Å². The number of benzene rings is 2. The molecule has 2 aromatic rings. The molecule has 0 radical (unpaired) electrons. The number of rotatable bonds is 8. The van der Waals surface area contributed by atoms with E-state index in [9.17, 15) is 38.7 Å². The van der Waals surface area contributed by atoms with Crippen LogP contribution in [0.2, 0.25) is 0 Å². The number of aliphatic hydroxyl groups is 5. The number of halogens is 3. The van der Waals surface area contributed by atoms with E-state index in [4.69, 9.17) is 9.47 Å². The van der Waals surface area contributed by atoms with Crippen LogP contribution in [0.5, 0.6) is 5.75 Å². The molecule has 1 saturated heterocycles. The van der Waals surface area contributed by atoms with Crippen molar-refractivity contribution in [2.24, 2.45) is 0 Å². The van der Waals surface area contributed by atoms with Crippen molar-refractivity contribution in [2.75, 3.05) is 0 Å². The Balaban J connectivity index is 1.89. The van der Waals surface area contributed by atoms with E-state index in [1.807, 2.05) is 0 Å². The fourth-order valence-corrected chi connectivity index (χ4v) is 3.70. The van der Waals surface area contributed by atoms with Gasteiger partial charge in [0, 0.05) is 18.4 Å². The maximum Gasteiger partial charge on any atom is 0.242 e. The summed E-state index contributed by atoms with van der Waals surface area (Å²) in [4.78, 5) is 0. The molecule has 10 heteroatoms. The van der Waals surface area contributed by atoms with Gasteiger partial charge in [0.2, 0.25) is 12.7 Å². The summed E-state index contributed by atoms with van der Waals surface area (Å²) in [5, 5.41) is 49.7. The van der Waals surface area contributed by atoms with Crippen LogP contribution in [0.15, 0.2) is 36.4 Å². The molecular weight excluding hydrogens is 445 g/mol. The Hall–Kier alpha value is -2.21. The highest BCUT2D eigenvalue weighted by Crippen LogP contribution is 2.31. The molecule has 0 bridgehead atoms. The second-order valence-corrected chi connectivity index (χ2v) is 8.10. The second-order valence-electron chi connectivity index (χ2n) is 8.10. The van der Waals surface area contributed by atoms with E-state index in [-0.39, 0.29) is 23.3 Å². The maximum atomic E-state index is 14.9. The van der Waals surface area contributed by atoms with Gasteiger partial charge in [-0.25, -0.2) is 13.2 Å². The number of aliphatic hydroxyl groups excluding tert-OH is 5. The smallest absolute Gasteiger partial charge is 0.242 e. The van der Waals surface area contributed by atoms with Gasteiger partial charge in [-0.1, -0.05) is 24.3 Å². The lowest BCUT2D eigenvalue weighted by atomic mass is 9.96. The Labute approximate surface area is 188 Å². The first-order valence-electron chi connectivity index (χ1n) is 10.4. The van der Waals surface area contributed by atoms with Crippen LogP contribution in [0, 0.1) is 5.82 Å². The predicted molar refractivity (Wildman–Crippen MR) is 110 cm³/mol. The fourth-order valence-electron chi connectivity index (χ4n) is 3.70. The van der Waals surface area contributed by atoms with Crippen molar-refractivity contribution in [1.29, 1.82) is 0 Å². The van der Waals surface area contributed by atoms with Crippen LogP contribution in [-0.2, 0) is 24.2 Å². The summed E-state index contributed by atoms with van der Waals surface area (Å²) in [5.41, 5.74) is 1.24. The van der Waals surface area contributed by atoms with E-state index < -0.39 is 62.1 Å². The summed E-state index contributed by atoms with van der Waals surface area (Å²) in [5.74, 6) is -0.807. The van der Waals surface area contributed by atoms with Crippen LogP contribution in [0.3, 0.4) is 0 Å². The molecule has 1 unspecified atom stereocenters. The zero-order chi connectivity index (χ0) is 24.3. The SMILES string of the molecule is CC(O)[C@H]1O[C@@H](Oc2cc(CO)cc(F)c2Cc2ccc(CC(F)F)cc2)[C@H](O)[C@@H](O)[C@@H]1O. The first-order valence-corrected chi connectivity index (χ1v) is 10.4. The molecule has 0 spiro atoms. The minimum absolute atomic E-state index is 0.00431. The number of hydrogen-bond acceptors (Lipinski definition) is 7. The van der Waals surface area contributed by atoms with Crippen molar-refractivity contribution >= 4 is 0 Å². The summed E-state index contributed by atoms with van der Waals surface area (Å²) >= 11 is 0. The van der Waals surface area contributed by atoms with E-state index in [2.05, 4.69) is 0 Å². The summed E-state index contributed by atoms with van der Waals surface area (Å²) in [6.07, 6.45) is -11.9. The topological polar surface area (TPSA) is 120 Å². The molecule has 1 heterocycles. The highest BCUT2D eigenvalue weighted by atomic mass is 19.3. The summed E-state index contributed by atoms with van der Waals surface area (Å²) in [6, 6.07) is 8.64. The molecule has 1 fully saturated rings. The van der Waals surface area contributed by atoms with Gasteiger partial charge in [-0.05, 0) is 35.7 Å². The molecule has 7 nitrogen and oxygen atoms in total. The monoisotopic (exact) mass is 472 g/mol. The molecule has 0 saturated carbocycles. The molecule has 3 rings (SSSR count). The van der Waals surface area contributed by atoms with Crippen molar-refractivity contribution in [3.63, 3.8) is 0 Å². The third-order valence-electron chi connectivity index (χ3n) is 5.52. The molecule has 5 N–H and O–H groups in total. The molecule has 33 heavy (non-hydrogen) atoms. The van der Waals surface area contributed by atoms with Crippen molar-refractivity contribution in [2.45, 2.75) is 69.6 Å². The molecule has 6 atom stereocenters. The van der Waals surface area contributed by atoms with Gasteiger partial charge in [0.1, 0.15) is 36.0 Å². The van der Waals surface area contributed by atoms with Gasteiger partial charge in [0.05, 0.1) is 12.7 Å². The van der Waals surface area contributed by atoms with Gasteiger partial charge in [0.25, 0.3) is 0 Å². The highest BCUT2D eigenvalue weighted by molar-refractivity contribution is 5.42. The quantitative estimate of drug-likeness (QED) is 0.393. The fraction of sp³-hybridized carbons (Fsp3) is 0.478. The minimum Gasteiger partial charge on any atom is -0.462 e. The number of ether oxygens (including phenoxy) is 2. The summed E-state index contributed by atoms with van der Waals surface area (Å²) < 4.78 is 51.1. The van der Waals surface area contributed by atoms with Crippen LogP contribution in [0.1, 0.15) is 29.2 Å². The van der Waals surface area contributed by atoms with Gasteiger partial charge in [-0.2, -0.15) is 0 Å². The molecule has 0 aromatic heterocycles. The number of alkyl halides is 2. The Morgan fingerprint density at radius 2 is 1.61 bits per heavy atom. The lowest BCUT2D eigenvalue weighted by Gasteiger charge is -2.41. The first-order chi connectivity index (χ1) is 15.6. The van der Waals surface area contributed by atoms with Crippen molar-refractivity contribution < 1.29 is 48.2 Å². The zero-order valence-electron chi connectivity index (χ0n) is 17.8. The van der Waals surface area contributed by atoms with E-state index in [0.29, 0.717) is 11.1 Å². The van der Waals surface area contributed by atoms with E-state index in [1.165, 1.54) is 25.1 Å². The van der Waals surface area contributed by atoms with E-state index in [0.717, 1.165) is 6.07 Å². The van der Waals surface area contributed by atoms with Crippen molar-refractivity contribution in [3.8, 4) is 5.75 Å². The molecule has 0 amide bonds. The van der Waals surface area contributed by atoms with Gasteiger partial charge in [-0.3, -0.25) is 0 Å². The number of hydrogen-bond donors (Lipinski definition) is 5. The largest absolute Gasteiger partial charge is 0.462 e. The lowest BCUT2D eigenvalue weighted by Crippen LogP contribution is -2.61. The van der Waals surface area contributed by atoms with Gasteiger partial charge < -0.3 is 35.0 Å². The van der Waals surface area contributed by atoms with Crippen molar-refractivity contribution in [3.05, 3.63) is 64.5 Å². The van der Waals surface area contributed by atoms with Crippen LogP contribution in [0.4, 0.5) is 13.2 Å². The lowest BCUT2D eigenvalue weighted by molar-refractivity contribution is -0.286. The first kappa shape index (κ1) is 25.4. The Kier molecular flexibility index (Phi) is 8.33. The third kappa shape index (κ3) is 6.03. The molecule has 1 aliphatic rings. The predicted octanol–water partition coefficient (Wildman–Crippen LogP) is 1.28. The Morgan fingerprint density at radius 1 is 0.970 bits per heavy atom. The highest BCUT2D eigenvalue weighted by Gasteiger charge is 2.46. The minimum atomic E-state index is -2.49. The average Bonchev–Trinajstić information content (AvgIpc) is 2.76. The standard InChI is InChI=1S/C23H27F3O7/c1-11(28)22-20(30)19(29)21(31)23(33-22)32-17-8-14(10-27)7-16(24)15(17)6-12-2-4-13(5-3-12)9-18(25)26/h2-5,7-8,11,18-23,27-31H,6,9-10H2,1H3/t11?,19-,20-,21+,22+,23+/m0/s1. The third-order valence-corrected chi connectivity index (χ3v) is 5.52. The zero-order valence-corrected chi connectivity index (χ0v) is 17.8. The molecule has 0 aliphatic carbocycles. The Bertz CT molecular complexity index is 923. The normalized spacial score (nSPS) is 26.4. The van der Waals surface area contributed by atoms with Crippen LogP contribution in [0.25, 0.3) is 0 Å². The van der Waals surface area contributed by atoms with Gasteiger partial charge >= 0.3 is 0 Å². The molecular formula is C23H27F3O7. The maximum absolute atomic E-state index is 14.9. The molecule has 182 valence electrons. The van der Waals surface area contributed by atoms with Gasteiger partial charge in [-0.15, -0.1) is 0 Å². The molecule has 2 aromatic carbocycles. The van der Waals surface area contributed by atoms with Crippen molar-refractivity contribution in [1.82, 2.24) is 0 Å². The van der Waals surface area contributed by atoms with E-state index >= 15 is 0 Å². The molecule has 1 aliphatic heterocycles. The van der Waals surface area contributed by atoms with Crippen LogP contribution in [-0.4, -0.2) is 68.8 Å². The average molecular weight is 472 g/mol. The summed E-state index contributed by atoms with van der Waals surface area (Å²) in [7, 11) is 0. The van der Waals surface area contributed by atoms with E-state index in [1.54, 1.807) is 12.1 Å². The van der Waals surface area contributed by atoms with Gasteiger partial charge in [0.15, 0.2) is 0 Å². The Morgan fingerprint density at radius 3 is 2.18 bits per heavy atom. The second kappa shape index (κ2) is 10.8. The summed E-state index contributed by atoms with van der Waals surface area (Å²) in [6.45, 7) is 0.826. The van der Waals surface area contributed by atoms with Crippen LogP contribution >= 0.6 is 0 Å².